The fourth-order valence-corrected chi connectivity index (χ4v) is 7.37. The Morgan fingerprint density at radius 2 is 1.73 bits per heavy atom. The number of esters is 1. The zero-order valence-electron chi connectivity index (χ0n) is 27.4. The Morgan fingerprint density at radius 3 is 2.40 bits per heavy atom. The molecule has 4 aliphatic rings. The van der Waals surface area contributed by atoms with E-state index in [2.05, 4.69) is 19.9 Å². The Hall–Kier alpha value is -3.72. The van der Waals surface area contributed by atoms with E-state index < -0.39 is 39.6 Å². The molecule has 0 unspecified atom stereocenters. The van der Waals surface area contributed by atoms with Crippen molar-refractivity contribution < 1.29 is 36.3 Å². The number of amides is 1. The van der Waals surface area contributed by atoms with E-state index in [1.165, 1.54) is 18.9 Å². The van der Waals surface area contributed by atoms with Crippen molar-refractivity contribution >= 4 is 44.9 Å². The largest absolute Gasteiger partial charge is 0.489 e. The zero-order chi connectivity index (χ0) is 34.3. The van der Waals surface area contributed by atoms with Crippen LogP contribution in [0, 0.1) is 11.3 Å². The third-order valence-corrected chi connectivity index (χ3v) is 11.2. The normalized spacial score (nSPS) is 20.2. The highest BCUT2D eigenvalue weighted by Gasteiger charge is 2.45. The molecular weight excluding hydrogens is 646 g/mol. The first-order valence-corrected chi connectivity index (χ1v) is 18.3. The van der Waals surface area contributed by atoms with Gasteiger partial charge in [-0.3, -0.25) is 14.3 Å². The number of nitrogens with zero attached hydrogens (tertiary/aromatic N) is 3. The van der Waals surface area contributed by atoms with E-state index in [1.54, 1.807) is 36.9 Å². The number of carbonyl (C=O) groups excluding carboxylic acids is 2. The molecule has 1 atom stereocenters. The second kappa shape index (κ2) is 13.3. The molecule has 4 N–H and O–H groups in total. The number of pyridine rings is 1. The molecule has 1 aromatic carbocycles. The molecule has 3 aliphatic heterocycles. The first-order chi connectivity index (χ1) is 22.7. The lowest BCUT2D eigenvalue weighted by molar-refractivity contribution is -0.145. The number of benzene rings is 1. The van der Waals surface area contributed by atoms with Crippen LogP contribution < -0.4 is 30.3 Å². The molecule has 3 fully saturated rings. The number of carbonyl (C=O) groups is 2. The summed E-state index contributed by atoms with van der Waals surface area (Å²) in [6, 6.07) is 5.66. The van der Waals surface area contributed by atoms with Gasteiger partial charge in [-0.05, 0) is 61.3 Å². The van der Waals surface area contributed by atoms with Gasteiger partial charge in [-0.15, -0.1) is 0 Å². The van der Waals surface area contributed by atoms with Crippen molar-refractivity contribution in [3.63, 3.8) is 0 Å². The highest BCUT2D eigenvalue weighted by atomic mass is 32.2. The number of piperidine rings is 2. The first-order valence-electron chi connectivity index (χ1n) is 16.7. The number of hydrogen-bond donors (Lipinski definition) is 3. The number of nitrogens with one attached hydrogen (secondary N) is 2. The van der Waals surface area contributed by atoms with Crippen LogP contribution in [0.3, 0.4) is 0 Å². The Labute approximate surface area is 279 Å². The molecular formula is C33H44F2N6O6S. The fraction of sp³-hybridized carbons (Fsp3) is 0.606. The fourth-order valence-electron chi connectivity index (χ4n) is 6.48. The third kappa shape index (κ3) is 7.77. The number of alkyl halides is 2. The monoisotopic (exact) mass is 690 g/mol. The summed E-state index contributed by atoms with van der Waals surface area (Å²) in [5, 5.41) is 2.91. The van der Waals surface area contributed by atoms with Gasteiger partial charge in [0, 0.05) is 51.0 Å². The molecule has 1 aliphatic carbocycles. The molecule has 15 heteroatoms. The molecule has 1 saturated carbocycles. The van der Waals surface area contributed by atoms with Crippen molar-refractivity contribution in [2.45, 2.75) is 70.8 Å². The molecule has 48 heavy (non-hydrogen) atoms. The quantitative estimate of drug-likeness (QED) is 0.293. The highest BCUT2D eigenvalue weighted by Crippen LogP contribution is 2.54. The van der Waals surface area contributed by atoms with E-state index in [0.717, 1.165) is 31.5 Å². The Balaban J connectivity index is 1.20. The average molecular weight is 691 g/mol. The van der Waals surface area contributed by atoms with E-state index in [0.29, 0.717) is 41.3 Å². The summed E-state index contributed by atoms with van der Waals surface area (Å²) in [4.78, 5) is 34.5. The summed E-state index contributed by atoms with van der Waals surface area (Å²) < 4.78 is 67.1. The van der Waals surface area contributed by atoms with E-state index in [1.807, 2.05) is 0 Å². The Morgan fingerprint density at radius 1 is 1.04 bits per heavy atom. The van der Waals surface area contributed by atoms with E-state index in [9.17, 15) is 26.8 Å². The van der Waals surface area contributed by atoms with Crippen molar-refractivity contribution in [1.82, 2.24) is 4.98 Å². The van der Waals surface area contributed by atoms with Crippen LogP contribution in [-0.4, -0.2) is 82.4 Å². The molecule has 4 heterocycles. The van der Waals surface area contributed by atoms with Crippen LogP contribution in [0.15, 0.2) is 24.3 Å². The third-order valence-electron chi connectivity index (χ3n) is 9.91. The smallest absolute Gasteiger partial charge is 0.323 e. The lowest BCUT2D eigenvalue weighted by Crippen LogP contribution is -2.40. The molecule has 2 saturated heterocycles. The standard InChI is InChI=1S/C33H44F2N6O6S/c1-21(2)27(36)31(43)47-17-18-48(44,45)39-23-3-4-24(25(20-23)40-12-8-32(6-7-32)9-13-40)30(42)38-26-19-22-5-16-46-28(22)29(37-26)41-14-10-33(34,35)11-15-41/h3-4,19-21,27,39H,5-18,36H2,1-2H3,(H,37,38,42)/t27-/m1/s1. The summed E-state index contributed by atoms with van der Waals surface area (Å²) in [6.45, 7) is 5.33. The van der Waals surface area contributed by atoms with Crippen LogP contribution in [0.25, 0.3) is 0 Å². The van der Waals surface area contributed by atoms with E-state index in [-0.39, 0.29) is 50.0 Å². The molecule has 262 valence electrons. The first kappa shape index (κ1) is 34.2. The minimum Gasteiger partial charge on any atom is -0.489 e. The number of anilines is 4. The van der Waals surface area contributed by atoms with Crippen molar-refractivity contribution in [3.05, 3.63) is 35.4 Å². The van der Waals surface area contributed by atoms with Crippen molar-refractivity contribution in [2.24, 2.45) is 17.1 Å². The molecule has 2 aromatic rings. The minimum atomic E-state index is -3.90. The molecule has 0 bridgehead atoms. The minimum absolute atomic E-state index is 0.124. The van der Waals surface area contributed by atoms with Gasteiger partial charge in [-0.2, -0.15) is 0 Å². The van der Waals surface area contributed by atoms with Gasteiger partial charge in [-0.1, -0.05) is 13.8 Å². The molecule has 1 aromatic heterocycles. The number of fused-ring (bicyclic) bond motifs is 1. The van der Waals surface area contributed by atoms with Crippen molar-refractivity contribution in [2.75, 3.05) is 65.0 Å². The van der Waals surface area contributed by atoms with Crippen LogP contribution >= 0.6 is 0 Å². The van der Waals surface area contributed by atoms with Crippen molar-refractivity contribution in [3.8, 4) is 5.75 Å². The second-order valence-corrected chi connectivity index (χ2v) is 15.6. The molecule has 6 rings (SSSR count). The number of halogens is 2. The molecule has 12 nitrogen and oxygen atoms in total. The topological polar surface area (TPSA) is 156 Å². The molecule has 0 radical (unpaired) electrons. The Kier molecular flexibility index (Phi) is 9.46. The molecule has 1 spiro atoms. The maximum absolute atomic E-state index is 13.9. The maximum atomic E-state index is 13.9. The summed E-state index contributed by atoms with van der Waals surface area (Å²) in [7, 11) is -3.90. The van der Waals surface area contributed by atoms with Crippen LogP contribution in [0.5, 0.6) is 5.75 Å². The predicted molar refractivity (Wildman–Crippen MR) is 179 cm³/mol. The number of aromatic nitrogens is 1. The highest BCUT2D eigenvalue weighted by molar-refractivity contribution is 7.92. The van der Waals surface area contributed by atoms with Gasteiger partial charge in [0.15, 0.2) is 11.6 Å². The lowest BCUT2D eigenvalue weighted by atomic mass is 9.93. The lowest BCUT2D eigenvalue weighted by Gasteiger charge is -2.35. The van der Waals surface area contributed by atoms with E-state index >= 15 is 0 Å². The molecule has 1 amide bonds. The van der Waals surface area contributed by atoms with Gasteiger partial charge < -0.3 is 30.3 Å². The average Bonchev–Trinajstić information content (AvgIpc) is 3.61. The second-order valence-electron chi connectivity index (χ2n) is 13.8. The number of rotatable bonds is 11. The van der Waals surface area contributed by atoms with Gasteiger partial charge in [0.05, 0.1) is 23.5 Å². The van der Waals surface area contributed by atoms with Crippen LogP contribution in [-0.2, 0) is 26.0 Å². The predicted octanol–water partition coefficient (Wildman–Crippen LogP) is 4.15. The summed E-state index contributed by atoms with van der Waals surface area (Å²) in [6.07, 6.45) is 4.41. The SMILES string of the molecule is CC(C)[C@@H](N)C(=O)OCCS(=O)(=O)Nc1ccc(C(=O)Nc2cc3c(c(N4CCC(F)(F)CC4)n2)OCC3)c(N2CCC3(CC2)CC3)c1. The Bertz CT molecular complexity index is 1650. The number of sulfonamides is 1. The van der Waals surface area contributed by atoms with Crippen LogP contribution in [0.1, 0.15) is 68.3 Å². The van der Waals surface area contributed by atoms with Crippen molar-refractivity contribution in [1.29, 1.82) is 0 Å². The van der Waals surface area contributed by atoms with Crippen LogP contribution in [0.2, 0.25) is 0 Å². The number of nitrogens with two attached hydrogens (primary N) is 1. The van der Waals surface area contributed by atoms with Gasteiger partial charge in [-0.25, -0.2) is 22.2 Å². The maximum Gasteiger partial charge on any atom is 0.323 e. The summed E-state index contributed by atoms with van der Waals surface area (Å²) >= 11 is 0. The van der Waals surface area contributed by atoms with E-state index in [4.69, 9.17) is 15.2 Å². The van der Waals surface area contributed by atoms with Gasteiger partial charge in [0.2, 0.25) is 10.0 Å². The summed E-state index contributed by atoms with van der Waals surface area (Å²) in [5.41, 5.74) is 8.21. The van der Waals surface area contributed by atoms with Gasteiger partial charge in [0.1, 0.15) is 24.2 Å². The number of ether oxygens (including phenoxy) is 2. The van der Waals surface area contributed by atoms with Crippen LogP contribution in [0.4, 0.5) is 31.8 Å². The number of hydrogen-bond acceptors (Lipinski definition) is 10. The summed E-state index contributed by atoms with van der Waals surface area (Å²) in [5.74, 6) is -3.11. The van der Waals surface area contributed by atoms with Gasteiger partial charge in [0.25, 0.3) is 11.8 Å². The van der Waals surface area contributed by atoms with Gasteiger partial charge >= 0.3 is 5.97 Å². The zero-order valence-corrected chi connectivity index (χ0v) is 28.2.